The smallest absolute Gasteiger partial charge is 0.306 e. The summed E-state index contributed by atoms with van der Waals surface area (Å²) in [6.07, 6.45) is 0. The summed E-state index contributed by atoms with van der Waals surface area (Å²) in [5, 5.41) is 8.62. The maximum atomic E-state index is 10.5. The first-order valence-electron chi connectivity index (χ1n) is 3.37. The van der Waals surface area contributed by atoms with Crippen LogP contribution in [0.25, 0.3) is 0 Å². The lowest BCUT2D eigenvalue weighted by Gasteiger charge is -2.22. The molecular weight excluding hydrogens is 203 g/mol. The van der Waals surface area contributed by atoms with E-state index in [1.165, 1.54) is 0 Å². The van der Waals surface area contributed by atoms with Crippen molar-refractivity contribution < 1.29 is 9.90 Å². The molecule has 0 aliphatic carbocycles. The zero-order valence-corrected chi connectivity index (χ0v) is 9.28. The standard InChI is InChI=1S/C6H12Cl2O2Si/c1-4(6(9)10)5(2)11(3,7)8/h4-5H,1-3H3,(H,9,10). The van der Waals surface area contributed by atoms with Crippen LogP contribution in [0.5, 0.6) is 0 Å². The Balaban J connectivity index is 4.25. The molecule has 0 aliphatic heterocycles. The van der Waals surface area contributed by atoms with Gasteiger partial charge in [-0.3, -0.25) is 4.79 Å². The molecule has 0 aliphatic rings. The number of hydrogen-bond donors (Lipinski definition) is 1. The van der Waals surface area contributed by atoms with E-state index < -0.39 is 18.6 Å². The summed E-state index contributed by atoms with van der Waals surface area (Å²) >= 11 is 11.7. The number of hydrogen-bond acceptors (Lipinski definition) is 1. The Morgan fingerprint density at radius 1 is 1.45 bits per heavy atom. The molecule has 0 aromatic rings. The van der Waals surface area contributed by atoms with Gasteiger partial charge >= 0.3 is 5.97 Å². The molecule has 0 aromatic heterocycles. The lowest BCUT2D eigenvalue weighted by atomic mass is 10.1. The van der Waals surface area contributed by atoms with Crippen molar-refractivity contribution in [3.05, 3.63) is 0 Å². The van der Waals surface area contributed by atoms with Crippen molar-refractivity contribution in [1.29, 1.82) is 0 Å². The van der Waals surface area contributed by atoms with Crippen LogP contribution in [0.1, 0.15) is 13.8 Å². The number of halogens is 2. The molecule has 66 valence electrons. The molecule has 2 atom stereocenters. The van der Waals surface area contributed by atoms with Gasteiger partial charge in [0.1, 0.15) is 0 Å². The molecule has 0 heterocycles. The molecule has 11 heavy (non-hydrogen) atoms. The van der Waals surface area contributed by atoms with Gasteiger partial charge in [-0.05, 0) is 12.1 Å². The van der Waals surface area contributed by atoms with Crippen LogP contribution in [-0.2, 0) is 4.79 Å². The van der Waals surface area contributed by atoms with E-state index in [4.69, 9.17) is 27.3 Å². The van der Waals surface area contributed by atoms with Gasteiger partial charge in [-0.25, -0.2) is 0 Å². The molecule has 0 spiro atoms. The first-order valence-corrected chi connectivity index (χ1v) is 7.97. The molecule has 0 saturated heterocycles. The average Bonchev–Trinajstić information content (AvgIpc) is 1.82. The summed E-state index contributed by atoms with van der Waals surface area (Å²) in [6, 6.07) is 0. The fourth-order valence-electron chi connectivity index (χ4n) is 0.653. The van der Waals surface area contributed by atoms with Gasteiger partial charge in [0.25, 0.3) is 6.69 Å². The van der Waals surface area contributed by atoms with Crippen LogP contribution < -0.4 is 0 Å². The monoisotopic (exact) mass is 214 g/mol. The van der Waals surface area contributed by atoms with Crippen molar-refractivity contribution in [2.24, 2.45) is 5.92 Å². The minimum absolute atomic E-state index is 0.122. The summed E-state index contributed by atoms with van der Waals surface area (Å²) < 4.78 is 0. The maximum absolute atomic E-state index is 10.5. The normalized spacial score (nSPS) is 17.5. The van der Waals surface area contributed by atoms with E-state index >= 15 is 0 Å². The van der Waals surface area contributed by atoms with E-state index in [1.54, 1.807) is 20.4 Å². The van der Waals surface area contributed by atoms with Gasteiger partial charge < -0.3 is 5.11 Å². The van der Waals surface area contributed by atoms with Gasteiger partial charge in [0.05, 0.1) is 5.92 Å². The molecule has 2 unspecified atom stereocenters. The molecule has 0 radical (unpaired) electrons. The minimum Gasteiger partial charge on any atom is -0.481 e. The maximum Gasteiger partial charge on any atom is 0.306 e. The molecule has 1 N–H and O–H groups in total. The third-order valence-electron chi connectivity index (χ3n) is 1.94. The second-order valence-electron chi connectivity index (χ2n) is 2.87. The SMILES string of the molecule is CC(C(=O)O)C(C)[Si](C)(Cl)Cl. The van der Waals surface area contributed by atoms with Crippen LogP contribution in [-0.4, -0.2) is 17.8 Å². The Kier molecular flexibility index (Phi) is 3.87. The number of carbonyl (C=O) groups is 1. The highest BCUT2D eigenvalue weighted by Gasteiger charge is 2.36. The Hall–Kier alpha value is 0.267. The number of aliphatic carboxylic acids is 1. The predicted molar refractivity (Wildman–Crippen MR) is 49.5 cm³/mol. The van der Waals surface area contributed by atoms with Gasteiger partial charge in [-0.2, -0.15) is 0 Å². The zero-order chi connectivity index (χ0) is 9.23. The largest absolute Gasteiger partial charge is 0.481 e. The Labute approximate surface area is 76.9 Å². The number of carboxylic acids is 1. The zero-order valence-electron chi connectivity index (χ0n) is 6.77. The molecule has 0 bridgehead atoms. The molecule has 0 amide bonds. The third kappa shape index (κ3) is 3.45. The van der Waals surface area contributed by atoms with E-state index in [9.17, 15) is 4.79 Å². The third-order valence-corrected chi connectivity index (χ3v) is 6.10. The van der Waals surface area contributed by atoms with E-state index in [0.29, 0.717) is 0 Å². The molecule has 0 aromatic carbocycles. The molecule has 0 fully saturated rings. The second-order valence-corrected chi connectivity index (χ2v) is 11.0. The first kappa shape index (κ1) is 11.3. The van der Waals surface area contributed by atoms with Gasteiger partial charge in [0.2, 0.25) is 0 Å². The highest BCUT2D eigenvalue weighted by Crippen LogP contribution is 2.35. The molecule has 0 rings (SSSR count). The van der Waals surface area contributed by atoms with E-state index in [1.807, 2.05) is 0 Å². The fraction of sp³-hybridized carbons (Fsp3) is 0.833. The van der Waals surface area contributed by atoms with Crippen LogP contribution in [0.2, 0.25) is 12.1 Å². The van der Waals surface area contributed by atoms with Gasteiger partial charge in [0, 0.05) is 0 Å². The van der Waals surface area contributed by atoms with Crippen LogP contribution in [0, 0.1) is 5.92 Å². The highest BCUT2D eigenvalue weighted by atomic mass is 35.7. The van der Waals surface area contributed by atoms with Crippen molar-refractivity contribution >= 4 is 34.8 Å². The van der Waals surface area contributed by atoms with Crippen molar-refractivity contribution in [2.45, 2.75) is 25.9 Å². The molecule has 2 nitrogen and oxygen atoms in total. The van der Waals surface area contributed by atoms with Crippen LogP contribution >= 0.6 is 22.2 Å². The fourth-order valence-corrected chi connectivity index (χ4v) is 2.81. The lowest BCUT2D eigenvalue weighted by Crippen LogP contribution is -2.29. The topological polar surface area (TPSA) is 37.3 Å². The van der Waals surface area contributed by atoms with Crippen LogP contribution in [0.15, 0.2) is 0 Å². The van der Waals surface area contributed by atoms with Crippen molar-refractivity contribution in [3.8, 4) is 0 Å². The van der Waals surface area contributed by atoms with Crippen molar-refractivity contribution in [1.82, 2.24) is 0 Å². The van der Waals surface area contributed by atoms with Gasteiger partial charge in [-0.15, -0.1) is 22.2 Å². The highest BCUT2D eigenvalue weighted by molar-refractivity contribution is 7.45. The van der Waals surface area contributed by atoms with Crippen LogP contribution in [0.3, 0.4) is 0 Å². The van der Waals surface area contributed by atoms with Crippen LogP contribution in [0.4, 0.5) is 0 Å². The summed E-state index contributed by atoms with van der Waals surface area (Å²) in [4.78, 5) is 10.5. The second kappa shape index (κ2) is 3.78. The van der Waals surface area contributed by atoms with Crippen molar-refractivity contribution in [2.75, 3.05) is 0 Å². The van der Waals surface area contributed by atoms with Crippen molar-refractivity contribution in [3.63, 3.8) is 0 Å². The predicted octanol–water partition coefficient (Wildman–Crippen LogP) is 2.65. The number of carboxylic acid groups (broad SMARTS) is 1. The average molecular weight is 215 g/mol. The Bertz CT molecular complexity index is 155. The summed E-state index contributed by atoms with van der Waals surface area (Å²) in [6.45, 7) is 2.82. The summed E-state index contributed by atoms with van der Waals surface area (Å²) in [5.41, 5.74) is -0.122. The lowest BCUT2D eigenvalue weighted by molar-refractivity contribution is -0.141. The molecular formula is C6H12Cl2O2Si. The van der Waals surface area contributed by atoms with E-state index in [-0.39, 0.29) is 5.54 Å². The minimum atomic E-state index is -2.32. The molecule has 0 saturated carbocycles. The van der Waals surface area contributed by atoms with Gasteiger partial charge in [0.15, 0.2) is 0 Å². The Morgan fingerprint density at radius 3 is 1.91 bits per heavy atom. The quantitative estimate of drug-likeness (QED) is 0.580. The Morgan fingerprint density at radius 2 is 1.82 bits per heavy atom. The summed E-state index contributed by atoms with van der Waals surface area (Å²) in [7, 11) is 0. The number of rotatable bonds is 3. The van der Waals surface area contributed by atoms with E-state index in [0.717, 1.165) is 0 Å². The van der Waals surface area contributed by atoms with Gasteiger partial charge in [-0.1, -0.05) is 13.8 Å². The summed E-state index contributed by atoms with van der Waals surface area (Å²) in [5.74, 6) is -1.29. The first-order chi connectivity index (χ1) is 4.76. The molecule has 5 heteroatoms. The van der Waals surface area contributed by atoms with E-state index in [2.05, 4.69) is 0 Å².